The van der Waals surface area contributed by atoms with Gasteiger partial charge in [0, 0.05) is 35.2 Å². The van der Waals surface area contributed by atoms with Gasteiger partial charge in [0.05, 0.1) is 49.5 Å². The van der Waals surface area contributed by atoms with Gasteiger partial charge in [-0.3, -0.25) is 9.20 Å². The van der Waals surface area contributed by atoms with E-state index in [9.17, 15) is 14.0 Å². The maximum Gasteiger partial charge on any atom is 0.417 e. The Morgan fingerprint density at radius 2 is 2.00 bits per heavy atom. The van der Waals surface area contributed by atoms with Crippen LogP contribution in [0.15, 0.2) is 48.8 Å². The lowest BCUT2D eigenvalue weighted by atomic mass is 9.88. The highest BCUT2D eigenvalue weighted by Gasteiger charge is 2.40. The molecule has 210 valence electrons. The molecule has 0 aliphatic carbocycles. The van der Waals surface area contributed by atoms with E-state index in [0.29, 0.717) is 71.2 Å². The monoisotopic (exact) mass is 557 g/mol. The van der Waals surface area contributed by atoms with E-state index in [1.54, 1.807) is 43.6 Å². The van der Waals surface area contributed by atoms with Gasteiger partial charge in [0.25, 0.3) is 5.91 Å². The summed E-state index contributed by atoms with van der Waals surface area (Å²) in [5, 5.41) is 3.28. The number of imide groups is 1. The maximum atomic E-state index is 13.8. The summed E-state index contributed by atoms with van der Waals surface area (Å²) in [4.78, 5) is 37.0. The van der Waals surface area contributed by atoms with Gasteiger partial charge in [0.2, 0.25) is 5.88 Å². The van der Waals surface area contributed by atoms with Crippen LogP contribution in [0.25, 0.3) is 16.9 Å². The molecule has 3 aliphatic heterocycles. The van der Waals surface area contributed by atoms with E-state index >= 15 is 0 Å². The summed E-state index contributed by atoms with van der Waals surface area (Å²) in [5.74, 6) is 0.750. The van der Waals surface area contributed by atoms with E-state index in [4.69, 9.17) is 14.2 Å². The topological polar surface area (TPSA) is 107 Å². The van der Waals surface area contributed by atoms with E-state index < -0.39 is 23.4 Å². The minimum Gasteiger partial charge on any atom is -0.477 e. The first kappa shape index (κ1) is 25.5. The second kappa shape index (κ2) is 9.27. The fourth-order valence-corrected chi connectivity index (χ4v) is 5.73. The number of nitrogens with zero attached hydrogens (tertiary/aromatic N) is 4. The molecule has 0 bridgehead atoms. The van der Waals surface area contributed by atoms with Gasteiger partial charge in [-0.05, 0) is 50.6 Å². The number of benzene rings is 1. The second-order valence-corrected chi connectivity index (χ2v) is 11.5. The van der Waals surface area contributed by atoms with Crippen molar-refractivity contribution in [2.45, 2.75) is 38.8 Å². The minimum atomic E-state index is -0.780. The minimum absolute atomic E-state index is 0.00611. The fraction of sp³-hybridized carbons (Fsp3) is 0.333. The Labute approximate surface area is 235 Å². The Morgan fingerprint density at radius 3 is 2.83 bits per heavy atom. The van der Waals surface area contributed by atoms with Gasteiger partial charge in [0.15, 0.2) is 0 Å². The number of rotatable bonds is 3. The van der Waals surface area contributed by atoms with Crippen molar-refractivity contribution in [2.24, 2.45) is 5.92 Å². The van der Waals surface area contributed by atoms with E-state index in [2.05, 4.69) is 15.3 Å². The Hall–Kier alpha value is -4.51. The molecule has 10 nitrogen and oxygen atoms in total. The number of amides is 2. The van der Waals surface area contributed by atoms with Crippen LogP contribution in [0, 0.1) is 11.7 Å². The van der Waals surface area contributed by atoms with Gasteiger partial charge in [-0.15, -0.1) is 0 Å². The molecule has 0 radical (unpaired) electrons. The molecule has 4 aromatic rings. The lowest BCUT2D eigenvalue weighted by molar-refractivity contribution is 0.0248. The summed E-state index contributed by atoms with van der Waals surface area (Å²) in [5.41, 5.74) is 3.46. The highest BCUT2D eigenvalue weighted by Crippen LogP contribution is 2.42. The molecule has 2 amide bonds. The van der Waals surface area contributed by atoms with Crippen molar-refractivity contribution in [1.82, 2.24) is 19.3 Å². The summed E-state index contributed by atoms with van der Waals surface area (Å²) in [6.07, 6.45) is 2.48. The number of anilines is 2. The molecule has 1 saturated heterocycles. The third-order valence-electron chi connectivity index (χ3n) is 7.64. The molecule has 7 rings (SSSR count). The van der Waals surface area contributed by atoms with Gasteiger partial charge in [-0.25, -0.2) is 19.1 Å². The van der Waals surface area contributed by atoms with Crippen LogP contribution in [-0.2, 0) is 16.0 Å². The average molecular weight is 558 g/mol. The summed E-state index contributed by atoms with van der Waals surface area (Å²) in [6, 6.07) is 10.1. The quantitative estimate of drug-likeness (QED) is 0.362. The molecule has 11 heteroatoms. The van der Waals surface area contributed by atoms with Crippen LogP contribution >= 0.6 is 0 Å². The Kier molecular flexibility index (Phi) is 5.75. The molecule has 6 heterocycles. The van der Waals surface area contributed by atoms with Crippen molar-refractivity contribution < 1.29 is 28.2 Å². The molecule has 0 spiro atoms. The van der Waals surface area contributed by atoms with Crippen LogP contribution in [0.4, 0.5) is 20.7 Å². The zero-order chi connectivity index (χ0) is 28.5. The third-order valence-corrected chi connectivity index (χ3v) is 7.64. The van der Waals surface area contributed by atoms with Crippen molar-refractivity contribution in [3.8, 4) is 17.1 Å². The Morgan fingerprint density at radius 1 is 1.15 bits per heavy atom. The first-order chi connectivity index (χ1) is 19.7. The number of carbonyl (C=O) groups excluding carboxylic acids is 2. The smallest absolute Gasteiger partial charge is 0.417 e. The van der Waals surface area contributed by atoms with E-state index in [1.165, 1.54) is 12.1 Å². The molecule has 0 saturated carbocycles. The molecule has 1 N–H and O–H groups in total. The first-order valence-corrected chi connectivity index (χ1v) is 13.5. The predicted molar refractivity (Wildman–Crippen MR) is 147 cm³/mol. The third kappa shape index (κ3) is 4.37. The van der Waals surface area contributed by atoms with Crippen LogP contribution in [-0.4, -0.2) is 56.7 Å². The van der Waals surface area contributed by atoms with Gasteiger partial charge >= 0.3 is 6.09 Å². The highest BCUT2D eigenvalue weighted by atomic mass is 19.1. The van der Waals surface area contributed by atoms with Gasteiger partial charge in [-0.1, -0.05) is 6.07 Å². The van der Waals surface area contributed by atoms with Crippen LogP contribution < -0.4 is 10.1 Å². The van der Waals surface area contributed by atoms with Crippen molar-refractivity contribution in [1.29, 1.82) is 0 Å². The standard InChI is InChI=1S/C30H28FN5O5/c1-30(2,3)41-29(38)36-12-20-18(23-11-32-25-10-17(31)8-9-35(23)25)4-6-22(26(20)28(36)37)33-24-7-5-19-21-15-39-13-16(21)14-40-27(19)34-24/h4-11,16,21H,12-15H2,1-3H3,(H,33,34). The molecule has 3 aliphatic rings. The summed E-state index contributed by atoms with van der Waals surface area (Å²) in [6.45, 7) is 7.13. The number of hydrogen-bond donors (Lipinski definition) is 1. The highest BCUT2D eigenvalue weighted by molar-refractivity contribution is 6.11. The van der Waals surface area contributed by atoms with Crippen LogP contribution in [0.1, 0.15) is 48.2 Å². The number of fused-ring (bicyclic) bond motifs is 5. The van der Waals surface area contributed by atoms with Crippen molar-refractivity contribution in [3.63, 3.8) is 0 Å². The zero-order valence-electron chi connectivity index (χ0n) is 22.8. The fourth-order valence-electron chi connectivity index (χ4n) is 5.73. The summed E-state index contributed by atoms with van der Waals surface area (Å²) in [7, 11) is 0. The molecular weight excluding hydrogens is 529 g/mol. The maximum absolute atomic E-state index is 13.8. The molecule has 1 aromatic carbocycles. The number of ether oxygens (including phenoxy) is 3. The normalized spacial score (nSPS) is 19.5. The van der Waals surface area contributed by atoms with E-state index in [1.807, 2.05) is 18.2 Å². The summed E-state index contributed by atoms with van der Waals surface area (Å²) >= 11 is 0. The van der Waals surface area contributed by atoms with Gasteiger partial charge in [-0.2, -0.15) is 4.98 Å². The zero-order valence-corrected chi connectivity index (χ0v) is 22.8. The summed E-state index contributed by atoms with van der Waals surface area (Å²) < 4.78 is 32.7. The molecule has 3 aromatic heterocycles. The molecular formula is C30H28FN5O5. The number of imidazole rings is 1. The van der Waals surface area contributed by atoms with Crippen LogP contribution in [0.3, 0.4) is 0 Å². The molecule has 1 fully saturated rings. The second-order valence-electron chi connectivity index (χ2n) is 11.5. The Bertz CT molecular complexity index is 1730. The number of nitrogens with one attached hydrogen (secondary N) is 1. The lowest BCUT2D eigenvalue weighted by Crippen LogP contribution is -2.37. The van der Waals surface area contributed by atoms with Gasteiger partial charge in [0.1, 0.15) is 22.9 Å². The Balaban J connectivity index is 1.29. The van der Waals surface area contributed by atoms with Crippen LogP contribution in [0.5, 0.6) is 5.88 Å². The van der Waals surface area contributed by atoms with E-state index in [-0.39, 0.29) is 12.5 Å². The number of aromatic nitrogens is 3. The SMILES string of the molecule is CC(C)(C)OC(=O)N1Cc2c(-c3cnc4cc(F)ccn34)ccc(Nc3ccc4c(n3)OCC3COCC43)c2C1=O. The number of carbonyl (C=O) groups is 2. The van der Waals surface area contributed by atoms with E-state index in [0.717, 1.165) is 10.5 Å². The number of pyridine rings is 2. The molecule has 2 atom stereocenters. The van der Waals surface area contributed by atoms with Gasteiger partial charge < -0.3 is 19.5 Å². The van der Waals surface area contributed by atoms with Crippen molar-refractivity contribution in [3.05, 3.63) is 71.3 Å². The van der Waals surface area contributed by atoms with Crippen molar-refractivity contribution >= 4 is 29.2 Å². The predicted octanol–water partition coefficient (Wildman–Crippen LogP) is 5.29. The molecule has 2 unspecified atom stereocenters. The number of halogens is 1. The first-order valence-electron chi connectivity index (χ1n) is 13.5. The number of hydrogen-bond acceptors (Lipinski definition) is 8. The lowest BCUT2D eigenvalue weighted by Gasteiger charge is -2.26. The largest absolute Gasteiger partial charge is 0.477 e. The molecule has 41 heavy (non-hydrogen) atoms. The average Bonchev–Trinajstić information content (AvgIpc) is 3.65. The van der Waals surface area contributed by atoms with Crippen molar-refractivity contribution in [2.75, 3.05) is 25.1 Å². The van der Waals surface area contributed by atoms with Crippen LogP contribution in [0.2, 0.25) is 0 Å².